The second-order valence-electron chi connectivity index (χ2n) is 3.67. The Morgan fingerprint density at radius 3 is 2.06 bits per heavy atom. The summed E-state index contributed by atoms with van der Waals surface area (Å²) in [5.74, 6) is -1.32. The molecule has 1 aromatic carbocycles. The second kappa shape index (κ2) is 7.10. The lowest BCUT2D eigenvalue weighted by molar-refractivity contribution is -0.214. The molecule has 0 bridgehead atoms. The number of ether oxygens (including phenoxy) is 2. The van der Waals surface area contributed by atoms with Crippen molar-refractivity contribution >= 4 is 29.5 Å². The summed E-state index contributed by atoms with van der Waals surface area (Å²) in [6.07, 6.45) is 0.844. The van der Waals surface area contributed by atoms with Gasteiger partial charge < -0.3 is 9.47 Å². The van der Waals surface area contributed by atoms with E-state index in [4.69, 9.17) is 32.7 Å². The summed E-state index contributed by atoms with van der Waals surface area (Å²) in [6, 6.07) is 5.19. The number of rotatable bonds is 7. The highest BCUT2D eigenvalue weighted by Gasteiger charge is 2.33. The molecule has 0 atom stereocenters. The Morgan fingerprint density at radius 1 is 1.17 bits per heavy atom. The Hall–Kier alpha value is -0.610. The normalized spacial score (nSPS) is 11.6. The minimum atomic E-state index is -1.32. The molecule has 0 saturated carbocycles. The van der Waals surface area contributed by atoms with Crippen molar-refractivity contribution in [1.82, 2.24) is 0 Å². The number of aldehydes is 1. The monoisotopic (exact) mass is 290 g/mol. The highest BCUT2D eigenvalue weighted by atomic mass is 35.5. The fourth-order valence-electron chi connectivity index (χ4n) is 1.69. The van der Waals surface area contributed by atoms with Crippen molar-refractivity contribution in [3.63, 3.8) is 0 Å². The maximum Gasteiger partial charge on any atom is 0.230 e. The quantitative estimate of drug-likeness (QED) is 0.569. The van der Waals surface area contributed by atoms with Crippen LogP contribution in [-0.2, 0) is 20.7 Å². The molecule has 100 valence electrons. The van der Waals surface area contributed by atoms with Gasteiger partial charge in [0.15, 0.2) is 6.29 Å². The van der Waals surface area contributed by atoms with Gasteiger partial charge in [-0.2, -0.15) is 0 Å². The van der Waals surface area contributed by atoms with Crippen LogP contribution in [-0.4, -0.2) is 25.3 Å². The van der Waals surface area contributed by atoms with Crippen molar-refractivity contribution in [1.29, 1.82) is 0 Å². The van der Waals surface area contributed by atoms with E-state index >= 15 is 0 Å². The van der Waals surface area contributed by atoms with E-state index in [9.17, 15) is 4.79 Å². The number of hydrogen-bond acceptors (Lipinski definition) is 3. The average Bonchev–Trinajstić information content (AvgIpc) is 2.34. The number of carbonyl (C=O) groups excluding carboxylic acids is 1. The van der Waals surface area contributed by atoms with E-state index in [1.165, 1.54) is 0 Å². The maximum atomic E-state index is 11.3. The van der Waals surface area contributed by atoms with Gasteiger partial charge in [-0.3, -0.25) is 4.79 Å². The Kier molecular flexibility index (Phi) is 6.09. The van der Waals surface area contributed by atoms with Gasteiger partial charge in [0.05, 0.1) is 0 Å². The highest BCUT2D eigenvalue weighted by Crippen LogP contribution is 2.29. The zero-order valence-electron chi connectivity index (χ0n) is 10.4. The summed E-state index contributed by atoms with van der Waals surface area (Å²) < 4.78 is 10.9. The molecule has 0 N–H and O–H groups in total. The van der Waals surface area contributed by atoms with Crippen molar-refractivity contribution < 1.29 is 14.3 Å². The minimum Gasteiger partial charge on any atom is -0.344 e. The number of carbonyl (C=O) groups is 1. The molecule has 3 nitrogen and oxygen atoms in total. The summed E-state index contributed by atoms with van der Waals surface area (Å²) in [7, 11) is 0. The standard InChI is InChI=1S/C13H16Cl2O3/c1-3-17-13(9-16,18-4-2)8-10-11(14)6-5-7-12(10)15/h5-7,9H,3-4,8H2,1-2H3. The second-order valence-corrected chi connectivity index (χ2v) is 4.49. The molecule has 0 fully saturated rings. The maximum absolute atomic E-state index is 11.3. The van der Waals surface area contributed by atoms with E-state index in [0.29, 0.717) is 35.1 Å². The third kappa shape index (κ3) is 3.69. The molecule has 0 heterocycles. The summed E-state index contributed by atoms with van der Waals surface area (Å²) in [4.78, 5) is 11.3. The first kappa shape index (κ1) is 15.4. The van der Waals surface area contributed by atoms with Gasteiger partial charge in [-0.1, -0.05) is 29.3 Å². The Bertz CT molecular complexity index is 381. The van der Waals surface area contributed by atoms with Gasteiger partial charge in [0.1, 0.15) is 0 Å². The minimum absolute atomic E-state index is 0.191. The van der Waals surface area contributed by atoms with E-state index in [-0.39, 0.29) is 6.42 Å². The van der Waals surface area contributed by atoms with Crippen LogP contribution in [0.2, 0.25) is 10.0 Å². The van der Waals surface area contributed by atoms with Crippen LogP contribution in [0.25, 0.3) is 0 Å². The van der Waals surface area contributed by atoms with E-state index in [1.807, 2.05) is 0 Å². The SMILES string of the molecule is CCOC(C=O)(Cc1c(Cl)cccc1Cl)OCC. The molecule has 0 aromatic heterocycles. The third-order valence-corrected chi connectivity index (χ3v) is 3.15. The molecule has 0 aliphatic carbocycles. The Balaban J connectivity index is 3.05. The topological polar surface area (TPSA) is 35.5 Å². The number of halogens is 2. The van der Waals surface area contributed by atoms with Crippen LogP contribution in [0, 0.1) is 0 Å². The van der Waals surface area contributed by atoms with Crippen molar-refractivity contribution in [2.75, 3.05) is 13.2 Å². The largest absolute Gasteiger partial charge is 0.344 e. The van der Waals surface area contributed by atoms with Crippen LogP contribution < -0.4 is 0 Å². The van der Waals surface area contributed by atoms with Gasteiger partial charge in [-0.25, -0.2) is 0 Å². The molecule has 0 amide bonds. The zero-order valence-corrected chi connectivity index (χ0v) is 11.9. The molecule has 0 radical (unpaired) electrons. The van der Waals surface area contributed by atoms with Gasteiger partial charge in [0, 0.05) is 29.7 Å². The van der Waals surface area contributed by atoms with E-state index in [0.717, 1.165) is 0 Å². The molecular formula is C13H16Cl2O3. The van der Waals surface area contributed by atoms with Crippen LogP contribution in [0.3, 0.4) is 0 Å². The molecule has 0 aliphatic rings. The fourth-order valence-corrected chi connectivity index (χ4v) is 2.22. The Morgan fingerprint density at radius 2 is 1.67 bits per heavy atom. The molecule has 0 aliphatic heterocycles. The lowest BCUT2D eigenvalue weighted by atomic mass is 10.1. The molecular weight excluding hydrogens is 275 g/mol. The number of benzene rings is 1. The third-order valence-electron chi connectivity index (χ3n) is 2.44. The van der Waals surface area contributed by atoms with E-state index < -0.39 is 5.79 Å². The van der Waals surface area contributed by atoms with Crippen LogP contribution in [0.1, 0.15) is 19.4 Å². The van der Waals surface area contributed by atoms with Gasteiger partial charge in [-0.15, -0.1) is 0 Å². The summed E-state index contributed by atoms with van der Waals surface area (Å²) in [5, 5.41) is 0.987. The summed E-state index contributed by atoms with van der Waals surface area (Å²) >= 11 is 12.2. The zero-order chi connectivity index (χ0) is 13.6. The van der Waals surface area contributed by atoms with Crippen molar-refractivity contribution in [3.8, 4) is 0 Å². The van der Waals surface area contributed by atoms with Crippen LogP contribution in [0.15, 0.2) is 18.2 Å². The highest BCUT2D eigenvalue weighted by molar-refractivity contribution is 6.36. The molecule has 0 saturated heterocycles. The summed E-state index contributed by atoms with van der Waals surface area (Å²) in [6.45, 7) is 4.32. The molecule has 1 rings (SSSR count). The predicted octanol–water partition coefficient (Wildman–Crippen LogP) is 3.50. The first-order valence-corrected chi connectivity index (χ1v) is 6.51. The van der Waals surface area contributed by atoms with Gasteiger partial charge in [-0.05, 0) is 31.5 Å². The van der Waals surface area contributed by atoms with E-state index in [1.54, 1.807) is 32.0 Å². The predicted molar refractivity (Wildman–Crippen MR) is 72.2 cm³/mol. The van der Waals surface area contributed by atoms with Gasteiger partial charge in [0.2, 0.25) is 5.79 Å². The smallest absolute Gasteiger partial charge is 0.230 e. The molecule has 0 spiro atoms. The molecule has 5 heteroatoms. The summed E-state index contributed by atoms with van der Waals surface area (Å²) in [5.41, 5.74) is 0.648. The van der Waals surface area contributed by atoms with Crippen molar-refractivity contribution in [2.24, 2.45) is 0 Å². The molecule has 0 unspecified atom stereocenters. The first-order valence-electron chi connectivity index (χ1n) is 5.75. The van der Waals surface area contributed by atoms with Crippen LogP contribution >= 0.6 is 23.2 Å². The first-order chi connectivity index (χ1) is 8.58. The fraction of sp³-hybridized carbons (Fsp3) is 0.462. The lowest BCUT2D eigenvalue weighted by Crippen LogP contribution is -2.40. The number of hydrogen-bond donors (Lipinski definition) is 0. The van der Waals surface area contributed by atoms with E-state index in [2.05, 4.69) is 0 Å². The molecule has 1 aromatic rings. The average molecular weight is 291 g/mol. The van der Waals surface area contributed by atoms with Gasteiger partial charge >= 0.3 is 0 Å². The van der Waals surface area contributed by atoms with Crippen LogP contribution in [0.4, 0.5) is 0 Å². The van der Waals surface area contributed by atoms with Crippen molar-refractivity contribution in [2.45, 2.75) is 26.1 Å². The Labute approximate surface area is 117 Å². The van der Waals surface area contributed by atoms with Crippen LogP contribution in [0.5, 0.6) is 0 Å². The lowest BCUT2D eigenvalue weighted by Gasteiger charge is -2.28. The van der Waals surface area contributed by atoms with Crippen molar-refractivity contribution in [3.05, 3.63) is 33.8 Å². The molecule has 18 heavy (non-hydrogen) atoms. The van der Waals surface area contributed by atoms with Gasteiger partial charge in [0.25, 0.3) is 0 Å².